The molecule has 3 nitrogen and oxygen atoms in total. The van der Waals surface area contributed by atoms with Crippen molar-refractivity contribution in [2.45, 2.75) is 42.2 Å². The predicted molar refractivity (Wildman–Crippen MR) is 72.1 cm³/mol. The van der Waals surface area contributed by atoms with Gasteiger partial charge >= 0.3 is 0 Å². The van der Waals surface area contributed by atoms with Gasteiger partial charge in [-0.1, -0.05) is 19.3 Å². The number of carbonyl (C=O) groups excluding carboxylic acids is 2. The molecule has 1 fully saturated rings. The molecule has 0 saturated heterocycles. The minimum atomic E-state index is -0.509. The van der Waals surface area contributed by atoms with Crippen molar-refractivity contribution in [3.63, 3.8) is 0 Å². The molecule has 1 saturated carbocycles. The topological polar surface area (TPSA) is 46.2 Å². The van der Waals surface area contributed by atoms with Gasteiger partial charge in [-0.15, -0.1) is 11.8 Å². The molecule has 1 aliphatic heterocycles. The molecule has 0 spiro atoms. The Morgan fingerprint density at radius 3 is 2.67 bits per heavy atom. The average Bonchev–Trinajstić information content (AvgIpc) is 2.66. The van der Waals surface area contributed by atoms with Crippen LogP contribution in [0.15, 0.2) is 23.1 Å². The molecule has 1 aliphatic carbocycles. The van der Waals surface area contributed by atoms with E-state index in [1.807, 2.05) is 23.9 Å². The highest BCUT2D eigenvalue weighted by atomic mass is 32.2. The Morgan fingerprint density at radius 1 is 1.11 bits per heavy atom. The number of hydrogen-bond acceptors (Lipinski definition) is 3. The molecule has 1 aromatic rings. The fourth-order valence-corrected chi connectivity index (χ4v) is 3.86. The van der Waals surface area contributed by atoms with Gasteiger partial charge in [0.2, 0.25) is 0 Å². The first-order valence-electron chi connectivity index (χ1n) is 6.40. The summed E-state index contributed by atoms with van der Waals surface area (Å²) in [5.74, 6) is -0.927. The van der Waals surface area contributed by atoms with Crippen LogP contribution >= 0.6 is 11.8 Å². The van der Waals surface area contributed by atoms with E-state index < -0.39 is 11.7 Å². The van der Waals surface area contributed by atoms with E-state index in [0.717, 1.165) is 4.90 Å². The first-order chi connectivity index (χ1) is 8.74. The number of nitrogens with one attached hydrogen (secondary N) is 1. The zero-order valence-corrected chi connectivity index (χ0v) is 10.9. The molecule has 1 aromatic carbocycles. The zero-order chi connectivity index (χ0) is 12.5. The third kappa shape index (κ3) is 2.17. The second-order valence-electron chi connectivity index (χ2n) is 4.87. The summed E-state index contributed by atoms with van der Waals surface area (Å²) in [4.78, 5) is 23.9. The van der Waals surface area contributed by atoms with Crippen LogP contribution in [-0.2, 0) is 4.79 Å². The van der Waals surface area contributed by atoms with Gasteiger partial charge in [-0.05, 0) is 31.0 Å². The highest BCUT2D eigenvalue weighted by molar-refractivity contribution is 8.00. The maximum absolute atomic E-state index is 11.5. The third-order valence-corrected chi connectivity index (χ3v) is 4.88. The summed E-state index contributed by atoms with van der Waals surface area (Å²) < 4.78 is 0. The molecule has 1 heterocycles. The number of hydrogen-bond donors (Lipinski definition) is 1. The average molecular weight is 261 g/mol. The number of amides is 1. The standard InChI is InChI=1S/C14H15NO2S/c16-13-11-7-6-10(8-12(11)15-14(13)17)18-9-4-2-1-3-5-9/h6-9H,1-5H2,(H,15,16,17). The highest BCUT2D eigenvalue weighted by Crippen LogP contribution is 2.36. The number of carbonyl (C=O) groups is 2. The van der Waals surface area contributed by atoms with Crippen LogP contribution in [-0.4, -0.2) is 16.9 Å². The van der Waals surface area contributed by atoms with Crippen molar-refractivity contribution in [2.24, 2.45) is 0 Å². The first kappa shape index (κ1) is 11.8. The fraction of sp³-hybridized carbons (Fsp3) is 0.429. The van der Waals surface area contributed by atoms with E-state index in [1.165, 1.54) is 32.1 Å². The summed E-state index contributed by atoms with van der Waals surface area (Å²) in [5.41, 5.74) is 1.18. The van der Waals surface area contributed by atoms with Crippen molar-refractivity contribution in [1.29, 1.82) is 0 Å². The number of thioether (sulfide) groups is 1. The molecule has 94 valence electrons. The van der Waals surface area contributed by atoms with Gasteiger partial charge in [0.05, 0.1) is 11.3 Å². The third-order valence-electron chi connectivity index (χ3n) is 3.55. The van der Waals surface area contributed by atoms with Crippen LogP contribution in [0.25, 0.3) is 0 Å². The Morgan fingerprint density at radius 2 is 1.89 bits per heavy atom. The Labute approximate surface area is 110 Å². The van der Waals surface area contributed by atoms with Crippen molar-refractivity contribution in [3.05, 3.63) is 23.8 Å². The fourth-order valence-electron chi connectivity index (χ4n) is 2.57. The number of anilines is 1. The van der Waals surface area contributed by atoms with E-state index in [4.69, 9.17) is 0 Å². The van der Waals surface area contributed by atoms with Crippen LogP contribution in [0.3, 0.4) is 0 Å². The van der Waals surface area contributed by atoms with Crippen molar-refractivity contribution in [2.75, 3.05) is 5.32 Å². The lowest BCUT2D eigenvalue weighted by molar-refractivity contribution is -0.112. The minimum Gasteiger partial charge on any atom is -0.318 e. The Kier molecular flexibility index (Phi) is 3.12. The van der Waals surface area contributed by atoms with Gasteiger partial charge in [-0.2, -0.15) is 0 Å². The number of rotatable bonds is 2. The minimum absolute atomic E-state index is 0.417. The number of ketones is 1. The van der Waals surface area contributed by atoms with E-state index in [-0.39, 0.29) is 0 Å². The Hall–Kier alpha value is -1.29. The lowest BCUT2D eigenvalue weighted by Gasteiger charge is -2.21. The lowest BCUT2D eigenvalue weighted by atomic mass is 10.0. The second kappa shape index (κ2) is 4.76. The van der Waals surface area contributed by atoms with E-state index in [2.05, 4.69) is 5.32 Å². The number of Topliss-reactive ketones (excluding diaryl/α,β-unsaturated/α-hetero) is 1. The molecular formula is C14H15NO2S. The lowest BCUT2D eigenvalue weighted by Crippen LogP contribution is -2.12. The molecule has 18 heavy (non-hydrogen) atoms. The first-order valence-corrected chi connectivity index (χ1v) is 7.28. The Bertz CT molecular complexity index is 507. The van der Waals surface area contributed by atoms with Gasteiger partial charge in [0.25, 0.3) is 11.7 Å². The predicted octanol–water partition coefficient (Wildman–Crippen LogP) is 3.25. The van der Waals surface area contributed by atoms with Crippen LogP contribution in [0, 0.1) is 0 Å². The van der Waals surface area contributed by atoms with E-state index in [9.17, 15) is 9.59 Å². The monoisotopic (exact) mass is 261 g/mol. The molecule has 0 bridgehead atoms. The van der Waals surface area contributed by atoms with Crippen LogP contribution in [0.2, 0.25) is 0 Å². The largest absolute Gasteiger partial charge is 0.318 e. The Balaban J connectivity index is 1.77. The smallest absolute Gasteiger partial charge is 0.296 e. The maximum atomic E-state index is 11.5. The summed E-state index contributed by atoms with van der Waals surface area (Å²) in [6.07, 6.45) is 6.53. The van der Waals surface area contributed by atoms with Crippen LogP contribution in [0.5, 0.6) is 0 Å². The van der Waals surface area contributed by atoms with E-state index in [0.29, 0.717) is 16.5 Å². The molecule has 1 N–H and O–H groups in total. The normalized spacial score (nSPS) is 19.8. The van der Waals surface area contributed by atoms with Crippen LogP contribution < -0.4 is 5.32 Å². The molecule has 0 unspecified atom stereocenters. The second-order valence-corrected chi connectivity index (χ2v) is 6.24. The molecule has 0 aromatic heterocycles. The molecule has 0 atom stereocenters. The molecule has 0 radical (unpaired) electrons. The van der Waals surface area contributed by atoms with Gasteiger partial charge in [-0.3, -0.25) is 9.59 Å². The number of fused-ring (bicyclic) bond motifs is 1. The van der Waals surface area contributed by atoms with Gasteiger partial charge in [0.1, 0.15) is 0 Å². The van der Waals surface area contributed by atoms with Gasteiger partial charge < -0.3 is 5.32 Å². The maximum Gasteiger partial charge on any atom is 0.296 e. The number of benzene rings is 1. The molecule has 1 amide bonds. The van der Waals surface area contributed by atoms with Crippen molar-refractivity contribution < 1.29 is 9.59 Å². The van der Waals surface area contributed by atoms with Crippen molar-refractivity contribution in [1.82, 2.24) is 0 Å². The summed E-state index contributed by atoms with van der Waals surface area (Å²) in [5, 5.41) is 3.31. The van der Waals surface area contributed by atoms with E-state index in [1.54, 1.807) is 6.07 Å². The quantitative estimate of drug-likeness (QED) is 0.831. The van der Waals surface area contributed by atoms with Gasteiger partial charge in [0.15, 0.2) is 0 Å². The van der Waals surface area contributed by atoms with Crippen molar-refractivity contribution >= 4 is 29.1 Å². The summed E-state index contributed by atoms with van der Waals surface area (Å²) in [7, 11) is 0. The molecule has 4 heteroatoms. The molecular weight excluding hydrogens is 246 g/mol. The summed E-state index contributed by atoms with van der Waals surface area (Å²) in [6.45, 7) is 0. The summed E-state index contributed by atoms with van der Waals surface area (Å²) >= 11 is 1.87. The van der Waals surface area contributed by atoms with Crippen molar-refractivity contribution in [3.8, 4) is 0 Å². The van der Waals surface area contributed by atoms with Crippen LogP contribution in [0.1, 0.15) is 42.5 Å². The summed E-state index contributed by atoms with van der Waals surface area (Å²) in [6, 6.07) is 5.65. The van der Waals surface area contributed by atoms with Gasteiger partial charge in [-0.25, -0.2) is 0 Å². The van der Waals surface area contributed by atoms with E-state index >= 15 is 0 Å². The van der Waals surface area contributed by atoms with Gasteiger partial charge in [0, 0.05) is 10.1 Å². The molecule has 2 aliphatic rings. The highest BCUT2D eigenvalue weighted by Gasteiger charge is 2.28. The molecule has 3 rings (SSSR count). The van der Waals surface area contributed by atoms with Crippen LogP contribution in [0.4, 0.5) is 5.69 Å². The SMILES string of the molecule is O=C1Nc2cc(SC3CCCCC3)ccc2C1=O. The zero-order valence-electron chi connectivity index (χ0n) is 10.1.